The van der Waals surface area contributed by atoms with Crippen LogP contribution in [0.2, 0.25) is 5.02 Å². The van der Waals surface area contributed by atoms with E-state index in [0.29, 0.717) is 41.7 Å². The Morgan fingerprint density at radius 1 is 1.11 bits per heavy atom. The highest BCUT2D eigenvalue weighted by molar-refractivity contribution is 7.89. The highest BCUT2D eigenvalue weighted by atomic mass is 35.5. The first-order valence-electron chi connectivity index (χ1n) is 15.0. The van der Waals surface area contributed by atoms with Crippen LogP contribution in [0, 0.1) is 11.8 Å². The number of allylic oxidation sites excluding steroid dienone is 1. The van der Waals surface area contributed by atoms with E-state index in [2.05, 4.69) is 35.6 Å². The lowest BCUT2D eigenvalue weighted by Crippen LogP contribution is -2.39. The monoisotopic (exact) mass is 689 g/mol. The Hall–Kier alpha value is -4.21. The summed E-state index contributed by atoms with van der Waals surface area (Å²) in [5, 5.41) is 9.83. The second-order valence-electron chi connectivity index (χ2n) is 11.6. The largest absolute Gasteiger partial charge is 0.573 e. The SMILES string of the molecule is O=C(CC1CCN(S(=O)(=O)c2ccccc2OC(F)(F)F)CC1)Nc1ccc2cc1CCC1C=NC=C(C1)Nc1ncc(Cl)c(n1)N2. The summed E-state index contributed by atoms with van der Waals surface area (Å²) in [5.74, 6) is -0.130. The summed E-state index contributed by atoms with van der Waals surface area (Å²) in [7, 11) is -4.25. The number of rotatable bonds is 6. The van der Waals surface area contributed by atoms with Gasteiger partial charge >= 0.3 is 6.36 Å². The fraction of sp³-hybridized carbons (Fsp3) is 0.355. The number of nitrogens with one attached hydrogen (secondary N) is 3. The van der Waals surface area contributed by atoms with Crippen molar-refractivity contribution in [2.24, 2.45) is 16.8 Å². The molecule has 0 saturated carbocycles. The van der Waals surface area contributed by atoms with Crippen LogP contribution in [0.1, 0.15) is 37.7 Å². The van der Waals surface area contributed by atoms with Crippen LogP contribution in [-0.4, -0.2) is 54.3 Å². The van der Waals surface area contributed by atoms with Crippen molar-refractivity contribution in [3.63, 3.8) is 0 Å². The van der Waals surface area contributed by atoms with Crippen molar-refractivity contribution in [3.8, 4) is 5.75 Å². The maximum absolute atomic E-state index is 13.2. The first-order chi connectivity index (χ1) is 22.4. The third-order valence-corrected chi connectivity index (χ3v) is 10.4. The van der Waals surface area contributed by atoms with Crippen LogP contribution in [0.5, 0.6) is 5.75 Å². The van der Waals surface area contributed by atoms with Crippen molar-refractivity contribution >= 4 is 56.9 Å². The molecule has 3 N–H and O–H groups in total. The predicted octanol–water partition coefficient (Wildman–Crippen LogP) is 6.49. The zero-order valence-electron chi connectivity index (χ0n) is 24.9. The van der Waals surface area contributed by atoms with Gasteiger partial charge in [-0.05, 0) is 73.9 Å². The number of aromatic nitrogens is 2. The van der Waals surface area contributed by atoms with Gasteiger partial charge in [-0.15, -0.1) is 13.2 Å². The van der Waals surface area contributed by atoms with E-state index >= 15 is 0 Å². The molecule has 16 heteroatoms. The van der Waals surface area contributed by atoms with Gasteiger partial charge in [-0.1, -0.05) is 23.7 Å². The number of piperidine rings is 1. The molecule has 3 aromatic rings. The average molecular weight is 690 g/mol. The van der Waals surface area contributed by atoms with Gasteiger partial charge < -0.3 is 20.7 Å². The van der Waals surface area contributed by atoms with E-state index in [9.17, 15) is 26.4 Å². The topological polar surface area (TPSA) is 138 Å². The molecule has 1 aromatic heterocycles. The molecule has 4 heterocycles. The number of hydrogen-bond acceptors (Lipinski definition) is 9. The Labute approximate surface area is 274 Å². The zero-order valence-corrected chi connectivity index (χ0v) is 26.5. The van der Waals surface area contributed by atoms with Crippen molar-refractivity contribution in [1.82, 2.24) is 14.3 Å². The maximum atomic E-state index is 13.2. The number of nitrogens with zero attached hydrogens (tertiary/aromatic N) is 4. The molecule has 0 radical (unpaired) electrons. The molecule has 2 aromatic carbocycles. The number of alkyl halides is 3. The minimum absolute atomic E-state index is 0.0633. The quantitative estimate of drug-likeness (QED) is 0.267. The Kier molecular flexibility index (Phi) is 9.39. The van der Waals surface area contributed by atoms with Crippen LogP contribution < -0.4 is 20.7 Å². The van der Waals surface area contributed by atoms with Crippen molar-refractivity contribution in [1.29, 1.82) is 0 Å². The standard InChI is InChI=1S/C31H31ClF3N7O4S/c32-24-18-37-30-39-23-13-20(16-36-17-23)5-6-21-15-22(38-29(24)41-30)7-8-25(21)40-28(43)14-19-9-11-42(12-10-19)47(44,45)27-4-2-1-3-26(27)46-31(33,34)35/h1-4,7-8,15-20H,5-6,9-14H2,(H,40,43)(H2,37,38,39,41). The molecule has 6 rings (SSSR count). The predicted molar refractivity (Wildman–Crippen MR) is 171 cm³/mol. The lowest BCUT2D eigenvalue weighted by Gasteiger charge is -2.31. The number of carbonyl (C=O) groups is 1. The van der Waals surface area contributed by atoms with Gasteiger partial charge in [0.05, 0.1) is 6.20 Å². The van der Waals surface area contributed by atoms with Gasteiger partial charge in [0.15, 0.2) is 5.82 Å². The number of carbonyl (C=O) groups excluding carboxylic acids is 1. The summed E-state index contributed by atoms with van der Waals surface area (Å²) >= 11 is 6.37. The highest BCUT2D eigenvalue weighted by Crippen LogP contribution is 2.34. The Morgan fingerprint density at radius 2 is 1.89 bits per heavy atom. The molecule has 1 amide bonds. The number of ether oxygens (including phenoxy) is 1. The average Bonchev–Trinajstić information content (AvgIpc) is 3.02. The lowest BCUT2D eigenvalue weighted by atomic mass is 9.93. The van der Waals surface area contributed by atoms with E-state index in [0.717, 1.165) is 46.2 Å². The normalized spacial score (nSPS) is 18.8. The summed E-state index contributed by atoms with van der Waals surface area (Å²) in [5.41, 5.74) is 3.18. The van der Waals surface area contributed by atoms with E-state index in [1.54, 1.807) is 6.20 Å². The minimum atomic E-state index is -5.03. The van der Waals surface area contributed by atoms with Crippen LogP contribution in [0.3, 0.4) is 0 Å². The number of amides is 1. The first-order valence-corrected chi connectivity index (χ1v) is 16.8. The molecule has 1 saturated heterocycles. The van der Waals surface area contributed by atoms with Crippen LogP contribution in [0.15, 0.2) is 70.4 Å². The van der Waals surface area contributed by atoms with Gasteiger partial charge in [-0.25, -0.2) is 13.4 Å². The van der Waals surface area contributed by atoms with Gasteiger partial charge in [0, 0.05) is 54.9 Å². The highest BCUT2D eigenvalue weighted by Gasteiger charge is 2.37. The second-order valence-corrected chi connectivity index (χ2v) is 13.9. The number of benzene rings is 2. The smallest absolute Gasteiger partial charge is 0.404 e. The number of hydrogen-bond donors (Lipinski definition) is 3. The molecule has 47 heavy (non-hydrogen) atoms. The third-order valence-electron chi connectivity index (χ3n) is 8.19. The van der Waals surface area contributed by atoms with Crippen LogP contribution in [-0.2, 0) is 21.2 Å². The second kappa shape index (κ2) is 13.5. The fourth-order valence-electron chi connectivity index (χ4n) is 5.87. The van der Waals surface area contributed by atoms with Crippen LogP contribution >= 0.6 is 11.6 Å². The molecular formula is C31H31ClF3N7O4S. The van der Waals surface area contributed by atoms with Gasteiger partial charge in [-0.3, -0.25) is 9.79 Å². The van der Waals surface area contributed by atoms with E-state index in [4.69, 9.17) is 11.6 Å². The van der Waals surface area contributed by atoms with E-state index < -0.39 is 27.0 Å². The van der Waals surface area contributed by atoms with Crippen LogP contribution in [0.25, 0.3) is 0 Å². The molecule has 0 spiro atoms. The number of aliphatic imine (C=N–C) groups is 1. The number of anilines is 4. The molecule has 6 bridgehead atoms. The number of sulfonamides is 1. The summed E-state index contributed by atoms with van der Waals surface area (Å²) < 4.78 is 70.2. The van der Waals surface area contributed by atoms with Gasteiger partial charge in [0.2, 0.25) is 21.9 Å². The Balaban J connectivity index is 1.12. The number of fused-ring (bicyclic) bond motifs is 6. The molecule has 3 aliphatic heterocycles. The molecule has 11 nitrogen and oxygen atoms in total. The first kappa shape index (κ1) is 32.7. The van der Waals surface area contributed by atoms with Gasteiger partial charge in [-0.2, -0.15) is 9.29 Å². The Bertz CT molecular complexity index is 1830. The van der Waals surface area contributed by atoms with Gasteiger partial charge in [0.25, 0.3) is 0 Å². The van der Waals surface area contributed by atoms with E-state index in [1.165, 1.54) is 18.3 Å². The van der Waals surface area contributed by atoms with Crippen molar-refractivity contribution in [3.05, 3.63) is 71.1 Å². The third kappa shape index (κ3) is 8.03. The molecule has 1 atom stereocenters. The molecular weight excluding hydrogens is 659 g/mol. The van der Waals surface area contributed by atoms with Crippen molar-refractivity contribution in [2.45, 2.75) is 49.8 Å². The fourth-order valence-corrected chi connectivity index (χ4v) is 7.59. The van der Waals surface area contributed by atoms with Crippen molar-refractivity contribution < 1.29 is 31.1 Å². The summed E-state index contributed by atoms with van der Waals surface area (Å²) in [6, 6.07) is 10.3. The summed E-state index contributed by atoms with van der Waals surface area (Å²) in [6.45, 7) is 0.127. The molecule has 0 aliphatic carbocycles. The summed E-state index contributed by atoms with van der Waals surface area (Å²) in [4.78, 5) is 25.8. The number of para-hydroxylation sites is 1. The molecule has 248 valence electrons. The van der Waals surface area contributed by atoms with E-state index in [1.807, 2.05) is 24.4 Å². The minimum Gasteiger partial charge on any atom is -0.404 e. The summed E-state index contributed by atoms with van der Waals surface area (Å²) in [6.07, 6.45) is 3.19. The van der Waals surface area contributed by atoms with E-state index in [-0.39, 0.29) is 37.3 Å². The molecule has 3 aliphatic rings. The van der Waals surface area contributed by atoms with Gasteiger partial charge in [0.1, 0.15) is 15.7 Å². The van der Waals surface area contributed by atoms with Crippen LogP contribution in [0.4, 0.5) is 36.3 Å². The molecule has 1 fully saturated rings. The lowest BCUT2D eigenvalue weighted by molar-refractivity contribution is -0.275. The molecule has 1 unspecified atom stereocenters. The van der Waals surface area contributed by atoms with Crippen molar-refractivity contribution in [2.75, 3.05) is 29.0 Å². The maximum Gasteiger partial charge on any atom is 0.573 e. The number of aryl methyl sites for hydroxylation is 1. The number of halogens is 4. The zero-order chi connectivity index (χ0) is 33.2. The Morgan fingerprint density at radius 3 is 2.68 bits per heavy atom.